The minimum atomic E-state index is -4.55. The van der Waals surface area contributed by atoms with Gasteiger partial charge in [0, 0.05) is 36.3 Å². The summed E-state index contributed by atoms with van der Waals surface area (Å²) in [6.07, 6.45) is 2.88. The SMILES string of the molecule is C=CC=C.CCCCN=C/C(=C(\N)C(F)(F)F)c1ccccc1.CN1CCc2cc(Cl)sc2C1. The van der Waals surface area contributed by atoms with Crippen molar-refractivity contribution in [3.8, 4) is 0 Å². The molecule has 1 aliphatic heterocycles. The Balaban J connectivity index is 0.000000321. The van der Waals surface area contributed by atoms with Crippen molar-refractivity contribution in [2.45, 2.75) is 38.9 Å². The first-order valence-electron chi connectivity index (χ1n) is 10.9. The highest BCUT2D eigenvalue weighted by Crippen LogP contribution is 2.30. The number of nitrogens with two attached hydrogens (primary N) is 1. The predicted molar refractivity (Wildman–Crippen MR) is 142 cm³/mol. The lowest BCUT2D eigenvalue weighted by Gasteiger charge is -2.21. The lowest BCUT2D eigenvalue weighted by molar-refractivity contribution is -0.0918. The molecular weight excluding hydrogens is 479 g/mol. The van der Waals surface area contributed by atoms with Gasteiger partial charge in [-0.1, -0.05) is 80.6 Å². The van der Waals surface area contributed by atoms with Gasteiger partial charge in [0.15, 0.2) is 0 Å². The minimum Gasteiger partial charge on any atom is -0.394 e. The van der Waals surface area contributed by atoms with Gasteiger partial charge in [-0.3, -0.25) is 4.99 Å². The van der Waals surface area contributed by atoms with Crippen LogP contribution in [0, 0.1) is 0 Å². The zero-order chi connectivity index (χ0) is 25.6. The summed E-state index contributed by atoms with van der Waals surface area (Å²) in [6, 6.07) is 10.3. The number of hydrogen-bond acceptors (Lipinski definition) is 4. The van der Waals surface area contributed by atoms with Crippen LogP contribution >= 0.6 is 22.9 Å². The lowest BCUT2D eigenvalue weighted by Crippen LogP contribution is -2.24. The number of alkyl halides is 3. The van der Waals surface area contributed by atoms with E-state index in [2.05, 4.69) is 36.2 Å². The number of halogens is 4. The Labute approximate surface area is 210 Å². The standard InChI is InChI=1S/C14H17F3N2.C8H10ClNS.C4H6/c1-2-3-9-19-10-12(13(18)14(15,16)17)11-7-5-4-6-8-11;1-10-3-2-6-4-8(9)11-7(6)5-10;1-3-4-2/h4-8,10H,2-3,9,18H2,1H3;4H,2-3,5H2,1H3;3-4H,1-2H2/b13-12+,19-10?;;. The smallest absolute Gasteiger partial charge is 0.394 e. The maximum absolute atomic E-state index is 12.7. The third-order valence-corrected chi connectivity index (χ3v) is 6.04. The van der Waals surface area contributed by atoms with E-state index in [0.29, 0.717) is 12.1 Å². The molecule has 0 atom stereocenters. The second-order valence-corrected chi connectivity index (χ2v) is 9.31. The topological polar surface area (TPSA) is 41.6 Å². The molecule has 34 heavy (non-hydrogen) atoms. The Morgan fingerprint density at radius 3 is 2.44 bits per heavy atom. The molecule has 1 aromatic heterocycles. The third-order valence-electron chi connectivity index (χ3n) is 4.75. The van der Waals surface area contributed by atoms with Gasteiger partial charge in [-0.05, 0) is 37.1 Å². The van der Waals surface area contributed by atoms with Gasteiger partial charge in [0.1, 0.15) is 5.70 Å². The van der Waals surface area contributed by atoms with Crippen LogP contribution in [0.2, 0.25) is 4.34 Å². The molecule has 0 radical (unpaired) electrons. The normalized spacial score (nSPS) is 14.2. The summed E-state index contributed by atoms with van der Waals surface area (Å²) >= 11 is 7.62. The van der Waals surface area contributed by atoms with E-state index in [9.17, 15) is 13.2 Å². The number of fused-ring (bicyclic) bond motifs is 1. The van der Waals surface area contributed by atoms with Gasteiger partial charge >= 0.3 is 6.18 Å². The molecule has 2 aromatic rings. The maximum Gasteiger partial charge on any atom is 0.431 e. The van der Waals surface area contributed by atoms with Crippen molar-refractivity contribution in [2.24, 2.45) is 10.7 Å². The fourth-order valence-electron chi connectivity index (χ4n) is 2.89. The van der Waals surface area contributed by atoms with Gasteiger partial charge in [0.2, 0.25) is 0 Å². The number of rotatable bonds is 6. The van der Waals surface area contributed by atoms with Gasteiger partial charge in [-0.2, -0.15) is 13.2 Å². The Hall–Kier alpha value is -2.35. The fraction of sp³-hybridized carbons (Fsp3) is 0.346. The zero-order valence-corrected chi connectivity index (χ0v) is 21.3. The van der Waals surface area contributed by atoms with E-state index in [4.69, 9.17) is 17.3 Å². The largest absolute Gasteiger partial charge is 0.431 e. The van der Waals surface area contributed by atoms with Crippen LogP contribution < -0.4 is 5.73 Å². The Bertz CT molecular complexity index is 944. The minimum absolute atomic E-state index is 0.0794. The molecule has 0 bridgehead atoms. The van der Waals surface area contributed by atoms with Gasteiger partial charge in [-0.25, -0.2) is 0 Å². The molecule has 1 aliphatic rings. The number of allylic oxidation sites excluding steroid dienone is 4. The Morgan fingerprint density at radius 1 is 1.24 bits per heavy atom. The van der Waals surface area contributed by atoms with Crippen molar-refractivity contribution in [1.29, 1.82) is 0 Å². The Kier molecular flexibility index (Phi) is 13.6. The van der Waals surface area contributed by atoms with Crippen molar-refractivity contribution in [3.63, 3.8) is 0 Å². The van der Waals surface area contributed by atoms with Gasteiger partial charge in [-0.15, -0.1) is 11.3 Å². The second kappa shape index (κ2) is 15.5. The molecule has 0 saturated carbocycles. The number of benzene rings is 1. The average Bonchev–Trinajstić information content (AvgIpc) is 3.18. The zero-order valence-electron chi connectivity index (χ0n) is 19.7. The molecule has 186 valence electrons. The molecule has 2 N–H and O–H groups in total. The maximum atomic E-state index is 12.7. The molecule has 0 amide bonds. The second-order valence-electron chi connectivity index (χ2n) is 7.54. The molecule has 0 spiro atoms. The molecule has 8 heteroatoms. The molecule has 1 aromatic carbocycles. The molecule has 2 heterocycles. The first kappa shape index (κ1) is 29.7. The summed E-state index contributed by atoms with van der Waals surface area (Å²) in [6.45, 7) is 11.5. The summed E-state index contributed by atoms with van der Waals surface area (Å²) < 4.78 is 39.1. The van der Waals surface area contributed by atoms with Gasteiger partial charge < -0.3 is 10.6 Å². The molecule has 0 saturated heterocycles. The van der Waals surface area contributed by atoms with Crippen LogP contribution in [-0.2, 0) is 13.0 Å². The summed E-state index contributed by atoms with van der Waals surface area (Å²) in [5.74, 6) is 0. The quantitative estimate of drug-likeness (QED) is 0.247. The molecule has 0 aliphatic carbocycles. The van der Waals surface area contributed by atoms with Crippen LogP contribution in [0.25, 0.3) is 5.57 Å². The molecule has 3 nitrogen and oxygen atoms in total. The van der Waals surface area contributed by atoms with E-state index >= 15 is 0 Å². The summed E-state index contributed by atoms with van der Waals surface area (Å²) in [7, 11) is 2.15. The van der Waals surface area contributed by atoms with E-state index < -0.39 is 11.9 Å². The molecule has 3 rings (SSSR count). The van der Waals surface area contributed by atoms with E-state index in [0.717, 1.165) is 30.1 Å². The third kappa shape index (κ3) is 10.7. The summed E-state index contributed by atoms with van der Waals surface area (Å²) in [5, 5.41) is 0. The van der Waals surface area contributed by atoms with Crippen molar-refractivity contribution in [2.75, 3.05) is 20.1 Å². The highest BCUT2D eigenvalue weighted by molar-refractivity contribution is 7.16. The summed E-state index contributed by atoms with van der Waals surface area (Å²) in [5.41, 5.74) is 5.88. The number of hydrogen-bond donors (Lipinski definition) is 1. The van der Waals surface area contributed by atoms with Crippen molar-refractivity contribution in [1.82, 2.24) is 4.90 Å². The number of unbranched alkanes of at least 4 members (excludes halogenated alkanes) is 1. The number of aliphatic imine (C=N–C) groups is 1. The molecule has 0 fully saturated rings. The molecular formula is C26H33ClF3N3S. The highest BCUT2D eigenvalue weighted by Gasteiger charge is 2.34. The number of nitrogens with zero attached hydrogens (tertiary/aromatic N) is 2. The van der Waals surface area contributed by atoms with Crippen LogP contribution in [0.5, 0.6) is 0 Å². The van der Waals surface area contributed by atoms with E-state index in [1.165, 1.54) is 23.2 Å². The average molecular weight is 512 g/mol. The van der Waals surface area contributed by atoms with Crippen molar-refractivity contribution >= 4 is 34.7 Å². The first-order valence-corrected chi connectivity index (χ1v) is 12.1. The van der Waals surface area contributed by atoms with E-state index in [1.54, 1.807) is 53.8 Å². The fourth-order valence-corrected chi connectivity index (χ4v) is 4.31. The van der Waals surface area contributed by atoms with Crippen LogP contribution in [0.15, 0.2) is 72.4 Å². The van der Waals surface area contributed by atoms with Crippen LogP contribution in [0.1, 0.15) is 35.8 Å². The van der Waals surface area contributed by atoms with Crippen LogP contribution in [0.4, 0.5) is 13.2 Å². The highest BCUT2D eigenvalue weighted by atomic mass is 35.5. The van der Waals surface area contributed by atoms with E-state index in [-0.39, 0.29) is 5.57 Å². The van der Waals surface area contributed by atoms with Crippen LogP contribution in [-0.4, -0.2) is 37.4 Å². The predicted octanol–water partition coefficient (Wildman–Crippen LogP) is 7.54. The molecule has 0 unspecified atom stereocenters. The van der Waals surface area contributed by atoms with E-state index in [1.807, 2.05) is 6.92 Å². The number of thiophene rings is 1. The number of likely N-dealkylation sites (N-methyl/N-ethyl adjacent to an activating group) is 1. The van der Waals surface area contributed by atoms with Gasteiger partial charge in [0.05, 0.1) is 4.34 Å². The van der Waals surface area contributed by atoms with Crippen LogP contribution in [0.3, 0.4) is 0 Å². The first-order chi connectivity index (χ1) is 16.1. The van der Waals surface area contributed by atoms with Gasteiger partial charge in [0.25, 0.3) is 0 Å². The van der Waals surface area contributed by atoms with Crippen molar-refractivity contribution in [3.05, 3.63) is 87.7 Å². The monoisotopic (exact) mass is 511 g/mol. The lowest BCUT2D eigenvalue weighted by atomic mass is 10.0. The van der Waals surface area contributed by atoms with Crippen molar-refractivity contribution < 1.29 is 13.2 Å². The summed E-state index contributed by atoms with van der Waals surface area (Å²) in [4.78, 5) is 7.79. The Morgan fingerprint density at radius 2 is 1.88 bits per heavy atom.